The van der Waals surface area contributed by atoms with Crippen molar-refractivity contribution in [2.24, 2.45) is 0 Å². The lowest BCUT2D eigenvalue weighted by Gasteiger charge is -2.10. The molecule has 2 aromatic carbocycles. The second kappa shape index (κ2) is 8.34. The minimum atomic E-state index is -0.361. The molecule has 0 heterocycles. The third kappa shape index (κ3) is 6.44. The lowest BCUT2D eigenvalue weighted by Crippen LogP contribution is -2.05. The SMILES string of the molecule is CC(C)Oc1ccc(F)cc1Br.Oc1ccc(F)cc1Br. The van der Waals surface area contributed by atoms with E-state index in [1.165, 1.54) is 30.3 Å². The number of hydrogen-bond acceptors (Lipinski definition) is 2. The number of aromatic hydroxyl groups is 1. The lowest BCUT2D eigenvalue weighted by atomic mass is 10.3. The van der Waals surface area contributed by atoms with Gasteiger partial charge in [0.1, 0.15) is 23.1 Å². The quantitative estimate of drug-likeness (QED) is 0.674. The van der Waals surface area contributed by atoms with E-state index >= 15 is 0 Å². The summed E-state index contributed by atoms with van der Waals surface area (Å²) < 4.78 is 31.2. The molecule has 0 unspecified atom stereocenters. The molecule has 0 fully saturated rings. The Labute approximate surface area is 139 Å². The Morgan fingerprint density at radius 1 is 0.952 bits per heavy atom. The van der Waals surface area contributed by atoms with E-state index < -0.39 is 0 Å². The zero-order chi connectivity index (χ0) is 16.0. The molecule has 2 nitrogen and oxygen atoms in total. The van der Waals surface area contributed by atoms with Gasteiger partial charge in [-0.05, 0) is 82.1 Å². The average Bonchev–Trinajstić information content (AvgIpc) is 2.38. The molecule has 0 aliphatic rings. The van der Waals surface area contributed by atoms with Crippen LogP contribution in [0.3, 0.4) is 0 Å². The van der Waals surface area contributed by atoms with Crippen molar-refractivity contribution < 1.29 is 18.6 Å². The molecule has 0 saturated carbocycles. The summed E-state index contributed by atoms with van der Waals surface area (Å²) in [7, 11) is 0. The van der Waals surface area contributed by atoms with E-state index in [1.807, 2.05) is 13.8 Å². The Kier molecular flexibility index (Phi) is 7.11. The molecule has 0 bridgehead atoms. The van der Waals surface area contributed by atoms with E-state index in [0.29, 0.717) is 14.7 Å². The highest BCUT2D eigenvalue weighted by molar-refractivity contribution is 9.10. The minimum Gasteiger partial charge on any atom is -0.507 e. The third-order valence-corrected chi connectivity index (χ3v) is 3.42. The van der Waals surface area contributed by atoms with Crippen molar-refractivity contribution >= 4 is 31.9 Å². The molecular formula is C15H14Br2F2O2. The number of hydrogen-bond donors (Lipinski definition) is 1. The summed E-state index contributed by atoms with van der Waals surface area (Å²) in [6.07, 6.45) is 0.103. The summed E-state index contributed by atoms with van der Waals surface area (Å²) in [5.74, 6) is 0.0976. The van der Waals surface area contributed by atoms with Crippen molar-refractivity contribution in [3.05, 3.63) is 57.0 Å². The predicted octanol–water partition coefficient (Wildman–Crippen LogP) is 5.67. The molecule has 0 saturated heterocycles. The van der Waals surface area contributed by atoms with Crippen LogP contribution in [0, 0.1) is 11.6 Å². The minimum absolute atomic E-state index is 0.0522. The van der Waals surface area contributed by atoms with Crippen LogP contribution in [0.1, 0.15) is 13.8 Å². The normalized spacial score (nSPS) is 10.0. The summed E-state index contributed by atoms with van der Waals surface area (Å²) in [4.78, 5) is 0. The van der Waals surface area contributed by atoms with Crippen LogP contribution in [0.25, 0.3) is 0 Å². The lowest BCUT2D eigenvalue weighted by molar-refractivity contribution is 0.240. The number of phenols is 1. The van der Waals surface area contributed by atoms with Gasteiger partial charge in [0, 0.05) is 0 Å². The van der Waals surface area contributed by atoms with Crippen LogP contribution < -0.4 is 4.74 Å². The first-order valence-electron chi connectivity index (χ1n) is 6.05. The molecule has 2 aromatic rings. The van der Waals surface area contributed by atoms with Crippen LogP contribution in [0.4, 0.5) is 8.78 Å². The zero-order valence-corrected chi connectivity index (χ0v) is 14.6. The molecule has 1 N–H and O–H groups in total. The first-order chi connectivity index (χ1) is 9.79. The maximum Gasteiger partial charge on any atom is 0.134 e. The summed E-state index contributed by atoms with van der Waals surface area (Å²) in [6, 6.07) is 8.06. The van der Waals surface area contributed by atoms with Crippen LogP contribution in [-0.4, -0.2) is 11.2 Å². The van der Waals surface area contributed by atoms with Crippen LogP contribution >= 0.6 is 31.9 Å². The molecule has 0 aliphatic carbocycles. The Bertz CT molecular complexity index is 604. The fourth-order valence-electron chi connectivity index (χ4n) is 1.31. The van der Waals surface area contributed by atoms with E-state index in [2.05, 4.69) is 31.9 Å². The maximum absolute atomic E-state index is 12.6. The van der Waals surface area contributed by atoms with Crippen molar-refractivity contribution in [2.45, 2.75) is 20.0 Å². The number of benzene rings is 2. The average molecular weight is 424 g/mol. The molecular weight excluding hydrogens is 410 g/mol. The van der Waals surface area contributed by atoms with Crippen molar-refractivity contribution in [3.63, 3.8) is 0 Å². The van der Waals surface area contributed by atoms with E-state index in [4.69, 9.17) is 9.84 Å². The second-order valence-corrected chi connectivity index (χ2v) is 6.05. The van der Waals surface area contributed by atoms with Crippen LogP contribution in [0.5, 0.6) is 11.5 Å². The molecule has 0 radical (unpaired) electrons. The van der Waals surface area contributed by atoms with Crippen LogP contribution in [-0.2, 0) is 0 Å². The Morgan fingerprint density at radius 3 is 1.90 bits per heavy atom. The standard InChI is InChI=1S/C9H10BrFO.C6H4BrFO/c1-6(2)12-9-4-3-7(11)5-8(9)10;7-5-3-4(8)1-2-6(5)9/h3-6H,1-2H3;1-3,9H. The Hall–Kier alpha value is -1.14. The number of ether oxygens (including phenoxy) is 1. The van der Waals surface area contributed by atoms with Gasteiger partial charge < -0.3 is 9.84 Å². The monoisotopic (exact) mass is 422 g/mol. The molecule has 0 aliphatic heterocycles. The molecule has 0 atom stereocenters. The van der Waals surface area contributed by atoms with Gasteiger partial charge in [-0.1, -0.05) is 0 Å². The number of halogens is 4. The summed E-state index contributed by atoms with van der Waals surface area (Å²) in [5, 5.41) is 8.83. The molecule has 21 heavy (non-hydrogen) atoms. The smallest absolute Gasteiger partial charge is 0.134 e. The van der Waals surface area contributed by atoms with E-state index in [1.54, 1.807) is 6.07 Å². The summed E-state index contributed by atoms with van der Waals surface area (Å²) in [6.45, 7) is 3.85. The van der Waals surface area contributed by atoms with Crippen molar-refractivity contribution in [1.29, 1.82) is 0 Å². The largest absolute Gasteiger partial charge is 0.507 e. The molecule has 0 aromatic heterocycles. The van der Waals surface area contributed by atoms with Gasteiger partial charge in [0.25, 0.3) is 0 Å². The van der Waals surface area contributed by atoms with E-state index in [0.717, 1.165) is 0 Å². The first-order valence-corrected chi connectivity index (χ1v) is 7.64. The van der Waals surface area contributed by atoms with Gasteiger partial charge >= 0.3 is 0 Å². The van der Waals surface area contributed by atoms with Gasteiger partial charge in [-0.3, -0.25) is 0 Å². The van der Waals surface area contributed by atoms with Gasteiger partial charge in [0.05, 0.1) is 15.0 Å². The molecule has 2 rings (SSSR count). The summed E-state index contributed by atoms with van der Waals surface area (Å²) >= 11 is 6.17. The van der Waals surface area contributed by atoms with E-state index in [9.17, 15) is 8.78 Å². The highest BCUT2D eigenvalue weighted by Gasteiger charge is 2.03. The van der Waals surface area contributed by atoms with Crippen molar-refractivity contribution in [3.8, 4) is 11.5 Å². The number of phenolic OH excluding ortho intramolecular Hbond substituents is 1. The zero-order valence-electron chi connectivity index (χ0n) is 11.4. The van der Waals surface area contributed by atoms with E-state index in [-0.39, 0.29) is 23.5 Å². The predicted molar refractivity (Wildman–Crippen MR) is 85.6 cm³/mol. The first kappa shape index (κ1) is 17.9. The molecule has 0 spiro atoms. The Balaban J connectivity index is 0.000000219. The fraction of sp³-hybridized carbons (Fsp3) is 0.200. The Morgan fingerprint density at radius 2 is 1.48 bits per heavy atom. The maximum atomic E-state index is 12.6. The second-order valence-electron chi connectivity index (χ2n) is 4.34. The molecule has 114 valence electrons. The highest BCUT2D eigenvalue weighted by atomic mass is 79.9. The highest BCUT2D eigenvalue weighted by Crippen LogP contribution is 2.26. The van der Waals surface area contributed by atoms with Crippen LogP contribution in [0.2, 0.25) is 0 Å². The van der Waals surface area contributed by atoms with Crippen LogP contribution in [0.15, 0.2) is 45.3 Å². The topological polar surface area (TPSA) is 29.5 Å². The third-order valence-electron chi connectivity index (χ3n) is 2.17. The van der Waals surface area contributed by atoms with Crippen molar-refractivity contribution in [1.82, 2.24) is 0 Å². The van der Waals surface area contributed by atoms with Gasteiger partial charge in [0.2, 0.25) is 0 Å². The van der Waals surface area contributed by atoms with Gasteiger partial charge in [-0.15, -0.1) is 0 Å². The van der Waals surface area contributed by atoms with Gasteiger partial charge in [-0.2, -0.15) is 0 Å². The molecule has 6 heteroatoms. The number of rotatable bonds is 2. The molecule has 0 amide bonds. The van der Waals surface area contributed by atoms with Crippen molar-refractivity contribution in [2.75, 3.05) is 0 Å². The van der Waals surface area contributed by atoms with Gasteiger partial charge in [0.15, 0.2) is 0 Å². The summed E-state index contributed by atoms with van der Waals surface area (Å²) in [5.41, 5.74) is 0. The fourth-order valence-corrected chi connectivity index (χ4v) is 2.10. The van der Waals surface area contributed by atoms with Gasteiger partial charge in [-0.25, -0.2) is 8.78 Å².